The van der Waals surface area contributed by atoms with E-state index in [1.54, 1.807) is 0 Å². The number of alkyl halides is 3. The largest absolute Gasteiger partial charge is 0.481 e. The molecule has 1 aliphatic rings. The molecular formula is C12H8F4O3. The van der Waals surface area contributed by atoms with Crippen LogP contribution in [0.4, 0.5) is 17.6 Å². The van der Waals surface area contributed by atoms with E-state index in [0.717, 1.165) is 6.07 Å². The van der Waals surface area contributed by atoms with Gasteiger partial charge < -0.3 is 5.11 Å². The number of Topliss-reactive ketones (excluding diaryl/α,β-unsaturated/α-hetero) is 1. The van der Waals surface area contributed by atoms with Crippen LogP contribution < -0.4 is 0 Å². The predicted octanol–water partition coefficient (Wildman–Crippen LogP) is 2.75. The molecule has 0 aliphatic heterocycles. The number of hydrogen-bond acceptors (Lipinski definition) is 2. The molecule has 0 heterocycles. The molecule has 0 saturated heterocycles. The Labute approximate surface area is 104 Å². The van der Waals surface area contributed by atoms with E-state index < -0.39 is 41.1 Å². The lowest BCUT2D eigenvalue weighted by molar-refractivity contribution is -0.140. The molecule has 2 atom stereocenters. The first-order chi connectivity index (χ1) is 8.71. The molecular weight excluding hydrogens is 268 g/mol. The van der Waals surface area contributed by atoms with Gasteiger partial charge in [0.25, 0.3) is 0 Å². The predicted molar refractivity (Wildman–Crippen MR) is 55.0 cm³/mol. The van der Waals surface area contributed by atoms with Crippen molar-refractivity contribution in [2.24, 2.45) is 11.8 Å². The van der Waals surface area contributed by atoms with Gasteiger partial charge in [0.15, 0.2) is 5.78 Å². The Hall–Kier alpha value is -1.92. The second kappa shape index (κ2) is 4.32. The SMILES string of the molecule is O=C(O)C1CC1C(=O)c1ccc(F)c(C(F)(F)F)c1. The zero-order chi connectivity index (χ0) is 14.4. The Morgan fingerprint density at radius 1 is 1.21 bits per heavy atom. The molecule has 1 aromatic rings. The first kappa shape index (κ1) is 13.5. The monoisotopic (exact) mass is 276 g/mol. The standard InChI is InChI=1S/C12H8F4O3/c13-9-2-1-5(3-8(9)12(14,15)16)10(17)6-4-7(6)11(18)19/h1-3,6-7H,4H2,(H,18,19). The number of carbonyl (C=O) groups excluding carboxylic acids is 1. The summed E-state index contributed by atoms with van der Waals surface area (Å²) < 4.78 is 50.4. The molecule has 0 amide bonds. The van der Waals surface area contributed by atoms with Gasteiger partial charge in [-0.1, -0.05) is 0 Å². The summed E-state index contributed by atoms with van der Waals surface area (Å²) in [6, 6.07) is 1.92. The Bertz CT molecular complexity index is 550. The molecule has 0 bridgehead atoms. The molecule has 1 aromatic carbocycles. The van der Waals surface area contributed by atoms with Gasteiger partial charge in [-0.25, -0.2) is 4.39 Å². The number of halogens is 4. The zero-order valence-corrected chi connectivity index (χ0v) is 9.37. The Kier molecular flexibility index (Phi) is 3.07. The third kappa shape index (κ3) is 2.59. The Morgan fingerprint density at radius 2 is 1.84 bits per heavy atom. The van der Waals surface area contributed by atoms with Crippen molar-refractivity contribution in [1.82, 2.24) is 0 Å². The van der Waals surface area contributed by atoms with Crippen LogP contribution in [-0.4, -0.2) is 16.9 Å². The van der Waals surface area contributed by atoms with E-state index in [4.69, 9.17) is 5.11 Å². The van der Waals surface area contributed by atoms with Crippen molar-refractivity contribution in [3.05, 3.63) is 35.1 Å². The number of carbonyl (C=O) groups is 2. The molecule has 3 nitrogen and oxygen atoms in total. The van der Waals surface area contributed by atoms with E-state index in [-0.39, 0.29) is 12.0 Å². The van der Waals surface area contributed by atoms with Crippen LogP contribution in [-0.2, 0) is 11.0 Å². The number of aliphatic carboxylic acids is 1. The summed E-state index contributed by atoms with van der Waals surface area (Å²) in [6.45, 7) is 0. The van der Waals surface area contributed by atoms with Crippen LogP contribution in [0.25, 0.3) is 0 Å². The molecule has 7 heteroatoms. The fourth-order valence-electron chi connectivity index (χ4n) is 1.87. The average molecular weight is 276 g/mol. The summed E-state index contributed by atoms with van der Waals surface area (Å²) in [4.78, 5) is 22.4. The van der Waals surface area contributed by atoms with Gasteiger partial charge in [0, 0.05) is 11.5 Å². The highest BCUT2D eigenvalue weighted by Crippen LogP contribution is 2.42. The van der Waals surface area contributed by atoms with E-state index >= 15 is 0 Å². The number of carboxylic acid groups (broad SMARTS) is 1. The minimum atomic E-state index is -4.89. The van der Waals surface area contributed by atoms with Crippen LogP contribution in [0.3, 0.4) is 0 Å². The van der Waals surface area contributed by atoms with Crippen molar-refractivity contribution >= 4 is 11.8 Å². The van der Waals surface area contributed by atoms with Crippen molar-refractivity contribution in [3.63, 3.8) is 0 Å². The lowest BCUT2D eigenvalue weighted by atomic mass is 10.0. The summed E-state index contributed by atoms with van der Waals surface area (Å²) in [5.74, 6) is -4.99. The van der Waals surface area contributed by atoms with Crippen LogP contribution >= 0.6 is 0 Å². The molecule has 1 fully saturated rings. The van der Waals surface area contributed by atoms with E-state index in [0.29, 0.717) is 12.1 Å². The number of carboxylic acids is 1. The van der Waals surface area contributed by atoms with Crippen molar-refractivity contribution in [3.8, 4) is 0 Å². The van der Waals surface area contributed by atoms with Crippen LogP contribution in [0.1, 0.15) is 22.3 Å². The Balaban J connectivity index is 2.28. The summed E-state index contributed by atoms with van der Waals surface area (Å²) in [6.07, 6.45) is -4.79. The van der Waals surface area contributed by atoms with Crippen molar-refractivity contribution in [1.29, 1.82) is 0 Å². The number of benzene rings is 1. The maximum absolute atomic E-state index is 13.0. The van der Waals surface area contributed by atoms with Crippen molar-refractivity contribution in [2.75, 3.05) is 0 Å². The highest BCUT2D eigenvalue weighted by molar-refractivity contribution is 6.02. The molecule has 0 radical (unpaired) electrons. The number of hydrogen-bond donors (Lipinski definition) is 1. The van der Waals surface area contributed by atoms with Gasteiger partial charge in [0.2, 0.25) is 0 Å². The van der Waals surface area contributed by atoms with Gasteiger partial charge in [-0.3, -0.25) is 9.59 Å². The third-order valence-corrected chi connectivity index (χ3v) is 3.00. The van der Waals surface area contributed by atoms with Gasteiger partial charge in [0.1, 0.15) is 5.82 Å². The van der Waals surface area contributed by atoms with Crippen LogP contribution in [0.2, 0.25) is 0 Å². The summed E-state index contributed by atoms with van der Waals surface area (Å²) in [7, 11) is 0. The molecule has 1 aliphatic carbocycles. The quantitative estimate of drug-likeness (QED) is 0.682. The first-order valence-corrected chi connectivity index (χ1v) is 5.35. The highest BCUT2D eigenvalue weighted by atomic mass is 19.4. The smallest absolute Gasteiger partial charge is 0.419 e. The topological polar surface area (TPSA) is 54.4 Å². The number of ketones is 1. The minimum Gasteiger partial charge on any atom is -0.481 e. The van der Waals surface area contributed by atoms with Gasteiger partial charge in [-0.2, -0.15) is 13.2 Å². The highest BCUT2D eigenvalue weighted by Gasteiger charge is 2.48. The molecule has 0 spiro atoms. The van der Waals surface area contributed by atoms with Crippen molar-refractivity contribution < 1.29 is 32.3 Å². The van der Waals surface area contributed by atoms with E-state index in [1.165, 1.54) is 0 Å². The lowest BCUT2D eigenvalue weighted by Crippen LogP contribution is -2.12. The van der Waals surface area contributed by atoms with E-state index in [1.807, 2.05) is 0 Å². The molecule has 2 unspecified atom stereocenters. The fourth-order valence-corrected chi connectivity index (χ4v) is 1.87. The molecule has 2 rings (SSSR count). The van der Waals surface area contributed by atoms with Gasteiger partial charge in [0.05, 0.1) is 11.5 Å². The minimum absolute atomic E-state index is 0.104. The molecule has 19 heavy (non-hydrogen) atoms. The van der Waals surface area contributed by atoms with Crippen LogP contribution in [0, 0.1) is 17.7 Å². The second-order valence-corrected chi connectivity index (χ2v) is 4.34. The molecule has 0 aromatic heterocycles. The summed E-state index contributed by atoms with van der Waals surface area (Å²) in [5, 5.41) is 8.66. The molecule has 1 N–H and O–H groups in total. The maximum atomic E-state index is 13.0. The van der Waals surface area contributed by atoms with Gasteiger partial charge >= 0.3 is 12.1 Å². The second-order valence-electron chi connectivity index (χ2n) is 4.34. The normalized spacial score (nSPS) is 22.1. The van der Waals surface area contributed by atoms with E-state index in [2.05, 4.69) is 0 Å². The zero-order valence-electron chi connectivity index (χ0n) is 9.37. The van der Waals surface area contributed by atoms with Crippen molar-refractivity contribution in [2.45, 2.75) is 12.6 Å². The summed E-state index contributed by atoms with van der Waals surface area (Å²) in [5.41, 5.74) is -1.84. The maximum Gasteiger partial charge on any atom is 0.419 e. The first-order valence-electron chi connectivity index (χ1n) is 5.35. The third-order valence-electron chi connectivity index (χ3n) is 3.00. The van der Waals surface area contributed by atoms with Gasteiger partial charge in [-0.15, -0.1) is 0 Å². The molecule has 102 valence electrons. The van der Waals surface area contributed by atoms with Gasteiger partial charge in [-0.05, 0) is 24.6 Å². The number of rotatable bonds is 3. The Morgan fingerprint density at radius 3 is 2.32 bits per heavy atom. The van der Waals surface area contributed by atoms with Crippen LogP contribution in [0.15, 0.2) is 18.2 Å². The van der Waals surface area contributed by atoms with Crippen LogP contribution in [0.5, 0.6) is 0 Å². The average Bonchev–Trinajstić information content (AvgIpc) is 3.07. The van der Waals surface area contributed by atoms with E-state index in [9.17, 15) is 27.2 Å². The summed E-state index contributed by atoms with van der Waals surface area (Å²) >= 11 is 0. The molecule has 1 saturated carbocycles. The lowest BCUT2D eigenvalue weighted by Gasteiger charge is -2.09. The fraction of sp³-hybridized carbons (Fsp3) is 0.333.